The Labute approximate surface area is 156 Å². The molecular formula is C17H14BrN5O3. The van der Waals surface area contributed by atoms with Crippen LogP contribution in [0.1, 0.15) is 5.82 Å². The van der Waals surface area contributed by atoms with Gasteiger partial charge in [-0.05, 0) is 41.1 Å². The Balaban J connectivity index is 1.78. The molecule has 2 aromatic heterocycles. The molecule has 0 saturated carbocycles. The Morgan fingerprint density at radius 1 is 1.31 bits per heavy atom. The molecule has 0 unspecified atom stereocenters. The second-order valence-corrected chi connectivity index (χ2v) is 6.34. The number of aromatic nitrogens is 4. The quantitative estimate of drug-likeness (QED) is 0.673. The third-order valence-corrected chi connectivity index (χ3v) is 4.06. The van der Waals surface area contributed by atoms with Gasteiger partial charge in [-0.3, -0.25) is 19.1 Å². The SMILES string of the molecule is Cc1nccc(-c2cccc(NC(=O)Cn3cc(Br)c(=O)[nH]c3=O)c2)n1. The molecule has 0 aliphatic heterocycles. The first-order valence-corrected chi connectivity index (χ1v) is 8.41. The van der Waals surface area contributed by atoms with E-state index in [0.717, 1.165) is 15.8 Å². The van der Waals surface area contributed by atoms with E-state index in [0.29, 0.717) is 11.5 Å². The fourth-order valence-corrected chi connectivity index (χ4v) is 2.67. The van der Waals surface area contributed by atoms with Gasteiger partial charge in [-0.25, -0.2) is 14.8 Å². The smallest absolute Gasteiger partial charge is 0.325 e. The van der Waals surface area contributed by atoms with Crippen LogP contribution in [0.4, 0.5) is 5.69 Å². The molecule has 9 heteroatoms. The number of aryl methyl sites for hydroxylation is 1. The van der Waals surface area contributed by atoms with Crippen molar-refractivity contribution in [3.05, 3.63) is 73.9 Å². The minimum atomic E-state index is -0.654. The van der Waals surface area contributed by atoms with Gasteiger partial charge in [0, 0.05) is 23.6 Å². The number of H-pyrrole nitrogens is 1. The standard InChI is InChI=1S/C17H14BrN5O3/c1-10-19-6-5-14(20-10)11-3-2-4-12(7-11)21-15(24)9-23-8-13(18)16(25)22-17(23)26/h2-8H,9H2,1H3,(H,21,24)(H,22,25,26). The number of hydrogen-bond acceptors (Lipinski definition) is 5. The van der Waals surface area contributed by atoms with E-state index in [9.17, 15) is 14.4 Å². The van der Waals surface area contributed by atoms with Crippen LogP contribution in [0.2, 0.25) is 0 Å². The van der Waals surface area contributed by atoms with Crippen LogP contribution < -0.4 is 16.6 Å². The van der Waals surface area contributed by atoms with Crippen molar-refractivity contribution in [3.63, 3.8) is 0 Å². The molecule has 1 amide bonds. The van der Waals surface area contributed by atoms with Gasteiger partial charge in [-0.2, -0.15) is 0 Å². The zero-order valence-corrected chi connectivity index (χ0v) is 15.3. The van der Waals surface area contributed by atoms with Crippen molar-refractivity contribution >= 4 is 27.5 Å². The Kier molecular flexibility index (Phi) is 5.08. The second-order valence-electron chi connectivity index (χ2n) is 5.48. The maximum atomic E-state index is 12.2. The van der Waals surface area contributed by atoms with Crippen LogP contribution in [0, 0.1) is 6.92 Å². The Morgan fingerprint density at radius 2 is 2.12 bits per heavy atom. The molecule has 26 heavy (non-hydrogen) atoms. The molecule has 0 aliphatic rings. The Bertz CT molecular complexity index is 1090. The van der Waals surface area contributed by atoms with Crippen LogP contribution in [0.3, 0.4) is 0 Å². The van der Waals surface area contributed by atoms with E-state index in [2.05, 4.69) is 36.2 Å². The number of rotatable bonds is 4. The van der Waals surface area contributed by atoms with Gasteiger partial charge in [-0.1, -0.05) is 12.1 Å². The first-order valence-electron chi connectivity index (χ1n) is 7.61. The highest BCUT2D eigenvalue weighted by Crippen LogP contribution is 2.20. The van der Waals surface area contributed by atoms with E-state index in [1.807, 2.05) is 6.07 Å². The molecule has 3 aromatic rings. The van der Waals surface area contributed by atoms with E-state index >= 15 is 0 Å². The van der Waals surface area contributed by atoms with Crippen molar-refractivity contribution in [2.75, 3.05) is 5.32 Å². The molecular weight excluding hydrogens is 402 g/mol. The van der Waals surface area contributed by atoms with Crippen molar-refractivity contribution in [1.29, 1.82) is 0 Å². The van der Waals surface area contributed by atoms with Gasteiger partial charge in [-0.15, -0.1) is 0 Å². The number of aromatic amines is 1. The van der Waals surface area contributed by atoms with Gasteiger partial charge in [0.2, 0.25) is 5.91 Å². The molecule has 2 heterocycles. The second kappa shape index (κ2) is 7.44. The fraction of sp³-hybridized carbons (Fsp3) is 0.118. The molecule has 2 N–H and O–H groups in total. The predicted octanol–water partition coefficient (Wildman–Crippen LogP) is 1.70. The normalized spacial score (nSPS) is 10.5. The lowest BCUT2D eigenvalue weighted by Crippen LogP contribution is -2.33. The zero-order chi connectivity index (χ0) is 18.7. The van der Waals surface area contributed by atoms with Crippen LogP contribution in [0.5, 0.6) is 0 Å². The minimum Gasteiger partial charge on any atom is -0.325 e. The van der Waals surface area contributed by atoms with Crippen LogP contribution in [-0.4, -0.2) is 25.4 Å². The van der Waals surface area contributed by atoms with Crippen molar-refractivity contribution < 1.29 is 4.79 Å². The van der Waals surface area contributed by atoms with Crippen LogP contribution in [0.15, 0.2) is 56.8 Å². The lowest BCUT2D eigenvalue weighted by Gasteiger charge is -2.09. The summed E-state index contributed by atoms with van der Waals surface area (Å²) >= 11 is 3.03. The molecule has 3 rings (SSSR count). The lowest BCUT2D eigenvalue weighted by molar-refractivity contribution is -0.116. The number of hydrogen-bond donors (Lipinski definition) is 2. The van der Waals surface area contributed by atoms with Crippen molar-refractivity contribution in [2.45, 2.75) is 13.5 Å². The Hall–Kier alpha value is -3.07. The first-order chi connectivity index (χ1) is 12.4. The molecule has 0 aliphatic carbocycles. The van der Waals surface area contributed by atoms with Crippen LogP contribution in [-0.2, 0) is 11.3 Å². The summed E-state index contributed by atoms with van der Waals surface area (Å²) in [7, 11) is 0. The van der Waals surface area contributed by atoms with Gasteiger partial charge in [0.25, 0.3) is 5.56 Å². The summed E-state index contributed by atoms with van der Waals surface area (Å²) < 4.78 is 1.28. The largest absolute Gasteiger partial charge is 0.328 e. The number of halogens is 1. The average Bonchev–Trinajstić information content (AvgIpc) is 2.60. The summed E-state index contributed by atoms with van der Waals surface area (Å²) in [5.74, 6) is 0.252. The number of benzene rings is 1. The summed E-state index contributed by atoms with van der Waals surface area (Å²) in [5, 5.41) is 2.73. The van der Waals surface area contributed by atoms with Crippen molar-refractivity contribution in [2.24, 2.45) is 0 Å². The summed E-state index contributed by atoms with van der Waals surface area (Å²) in [5.41, 5.74) is 0.949. The zero-order valence-electron chi connectivity index (χ0n) is 13.7. The third kappa shape index (κ3) is 4.12. The molecule has 0 saturated heterocycles. The molecule has 1 aromatic carbocycles. The number of amides is 1. The highest BCUT2D eigenvalue weighted by Gasteiger charge is 2.09. The van der Waals surface area contributed by atoms with Gasteiger partial charge in [0.1, 0.15) is 12.4 Å². The number of anilines is 1. The molecule has 0 radical (unpaired) electrons. The van der Waals surface area contributed by atoms with E-state index < -0.39 is 17.2 Å². The van der Waals surface area contributed by atoms with E-state index in [1.54, 1.807) is 37.4 Å². The molecule has 0 spiro atoms. The monoisotopic (exact) mass is 415 g/mol. The van der Waals surface area contributed by atoms with E-state index in [-0.39, 0.29) is 11.0 Å². The molecule has 0 atom stereocenters. The van der Waals surface area contributed by atoms with Gasteiger partial charge in [0.05, 0.1) is 10.2 Å². The van der Waals surface area contributed by atoms with Gasteiger partial charge >= 0.3 is 5.69 Å². The maximum Gasteiger partial charge on any atom is 0.328 e. The average molecular weight is 416 g/mol. The minimum absolute atomic E-state index is 0.172. The number of carbonyl (C=O) groups excluding carboxylic acids is 1. The Morgan fingerprint density at radius 3 is 2.88 bits per heavy atom. The van der Waals surface area contributed by atoms with Crippen LogP contribution >= 0.6 is 15.9 Å². The summed E-state index contributed by atoms with van der Waals surface area (Å²) in [6.07, 6.45) is 2.95. The molecule has 8 nitrogen and oxygen atoms in total. The summed E-state index contributed by atoms with van der Waals surface area (Å²) in [6, 6.07) is 8.98. The van der Waals surface area contributed by atoms with Crippen molar-refractivity contribution in [1.82, 2.24) is 19.5 Å². The first kappa shape index (κ1) is 17.7. The van der Waals surface area contributed by atoms with Crippen LogP contribution in [0.25, 0.3) is 11.3 Å². The number of nitrogens with zero attached hydrogens (tertiary/aromatic N) is 3. The number of carbonyl (C=O) groups is 1. The highest BCUT2D eigenvalue weighted by atomic mass is 79.9. The number of nitrogens with one attached hydrogen (secondary N) is 2. The van der Waals surface area contributed by atoms with E-state index in [4.69, 9.17) is 0 Å². The van der Waals surface area contributed by atoms with E-state index in [1.165, 1.54) is 6.20 Å². The molecule has 0 bridgehead atoms. The molecule has 132 valence electrons. The third-order valence-electron chi connectivity index (χ3n) is 3.50. The van der Waals surface area contributed by atoms with Gasteiger partial charge < -0.3 is 5.32 Å². The van der Waals surface area contributed by atoms with Gasteiger partial charge in [0.15, 0.2) is 0 Å². The summed E-state index contributed by atoms with van der Waals surface area (Å²) in [4.78, 5) is 45.8. The predicted molar refractivity (Wildman–Crippen MR) is 99.9 cm³/mol. The molecule has 0 fully saturated rings. The summed E-state index contributed by atoms with van der Waals surface area (Å²) in [6.45, 7) is 1.57. The van der Waals surface area contributed by atoms with Crippen molar-refractivity contribution in [3.8, 4) is 11.3 Å². The fourth-order valence-electron chi connectivity index (χ4n) is 2.33. The topological polar surface area (TPSA) is 110 Å². The lowest BCUT2D eigenvalue weighted by atomic mass is 10.1. The maximum absolute atomic E-state index is 12.2. The highest BCUT2D eigenvalue weighted by molar-refractivity contribution is 9.10.